The first-order valence-electron chi connectivity index (χ1n) is 4.46. The fourth-order valence-electron chi connectivity index (χ4n) is 1.45. The molecule has 2 heterocycles. The van der Waals surface area contributed by atoms with E-state index in [1.807, 2.05) is 30.2 Å². The van der Waals surface area contributed by atoms with E-state index in [0.29, 0.717) is 0 Å². The topological polar surface area (TPSA) is 43.8 Å². The van der Waals surface area contributed by atoms with Gasteiger partial charge in [0.25, 0.3) is 0 Å². The molecule has 0 aromatic carbocycles. The minimum Gasteiger partial charge on any atom is -0.320 e. The molecule has 14 heavy (non-hydrogen) atoms. The number of nitrogens with zero attached hydrogens (tertiary/aromatic N) is 2. The van der Waals surface area contributed by atoms with Gasteiger partial charge in [-0.3, -0.25) is 4.68 Å². The van der Waals surface area contributed by atoms with Crippen molar-refractivity contribution in [1.82, 2.24) is 9.78 Å². The molecule has 0 aliphatic heterocycles. The number of hydrogen-bond acceptors (Lipinski definition) is 3. The molecular weight excluding hydrogens is 194 g/mol. The SMILES string of the molecule is Cc1c(C(N)c2ccsc2)cnn1C. The molecule has 0 aliphatic rings. The third-order valence-corrected chi connectivity index (χ3v) is 3.21. The second-order valence-electron chi connectivity index (χ2n) is 3.34. The lowest BCUT2D eigenvalue weighted by atomic mass is 10.0. The van der Waals surface area contributed by atoms with Gasteiger partial charge in [-0.15, -0.1) is 0 Å². The van der Waals surface area contributed by atoms with Crippen molar-refractivity contribution in [1.29, 1.82) is 0 Å². The summed E-state index contributed by atoms with van der Waals surface area (Å²) in [4.78, 5) is 0. The summed E-state index contributed by atoms with van der Waals surface area (Å²) in [7, 11) is 1.93. The summed E-state index contributed by atoms with van der Waals surface area (Å²) in [5.41, 5.74) is 9.52. The second kappa shape index (κ2) is 3.55. The summed E-state index contributed by atoms with van der Waals surface area (Å²) in [5.74, 6) is 0. The monoisotopic (exact) mass is 207 g/mol. The molecule has 0 radical (unpaired) electrons. The van der Waals surface area contributed by atoms with Crippen LogP contribution >= 0.6 is 11.3 Å². The Bertz CT molecular complexity index is 417. The molecule has 4 heteroatoms. The van der Waals surface area contributed by atoms with Crippen LogP contribution < -0.4 is 5.73 Å². The van der Waals surface area contributed by atoms with Crippen LogP contribution in [0.5, 0.6) is 0 Å². The van der Waals surface area contributed by atoms with Crippen LogP contribution in [0.2, 0.25) is 0 Å². The molecule has 2 aromatic rings. The predicted octanol–water partition coefficient (Wildman–Crippen LogP) is 1.84. The number of aromatic nitrogens is 2. The first kappa shape index (κ1) is 9.43. The van der Waals surface area contributed by atoms with E-state index in [0.717, 1.165) is 16.8 Å². The summed E-state index contributed by atoms with van der Waals surface area (Å²) in [5, 5.41) is 8.31. The molecule has 0 aliphatic carbocycles. The molecule has 3 nitrogen and oxygen atoms in total. The lowest BCUT2D eigenvalue weighted by Gasteiger charge is -2.08. The summed E-state index contributed by atoms with van der Waals surface area (Å²) in [6.45, 7) is 2.04. The third-order valence-electron chi connectivity index (χ3n) is 2.51. The normalized spacial score (nSPS) is 13.1. The Morgan fingerprint density at radius 2 is 2.36 bits per heavy atom. The summed E-state index contributed by atoms with van der Waals surface area (Å²) < 4.78 is 1.85. The molecule has 1 atom stereocenters. The van der Waals surface area contributed by atoms with E-state index in [1.54, 1.807) is 11.3 Å². The maximum Gasteiger partial charge on any atom is 0.0593 e. The van der Waals surface area contributed by atoms with Gasteiger partial charge in [-0.2, -0.15) is 16.4 Å². The van der Waals surface area contributed by atoms with Crippen LogP contribution in [0.3, 0.4) is 0 Å². The molecule has 0 bridgehead atoms. The lowest BCUT2D eigenvalue weighted by Crippen LogP contribution is -2.11. The van der Waals surface area contributed by atoms with Crippen molar-refractivity contribution >= 4 is 11.3 Å². The Labute approximate surface area is 87.2 Å². The minimum absolute atomic E-state index is 0.0463. The van der Waals surface area contributed by atoms with Gasteiger partial charge in [-0.25, -0.2) is 0 Å². The van der Waals surface area contributed by atoms with Crippen LogP contribution in [0.1, 0.15) is 22.9 Å². The standard InChI is InChI=1S/C10H13N3S/c1-7-9(5-12-13(7)2)10(11)8-3-4-14-6-8/h3-6,10H,11H2,1-2H3. The van der Waals surface area contributed by atoms with Crippen molar-refractivity contribution in [2.24, 2.45) is 12.8 Å². The number of thiophene rings is 1. The number of nitrogens with two attached hydrogens (primary N) is 1. The average Bonchev–Trinajstić information content (AvgIpc) is 2.77. The fourth-order valence-corrected chi connectivity index (χ4v) is 2.15. The van der Waals surface area contributed by atoms with Crippen molar-refractivity contribution in [2.75, 3.05) is 0 Å². The van der Waals surface area contributed by atoms with Crippen molar-refractivity contribution in [3.8, 4) is 0 Å². The zero-order chi connectivity index (χ0) is 10.1. The number of aryl methyl sites for hydroxylation is 1. The number of rotatable bonds is 2. The second-order valence-corrected chi connectivity index (χ2v) is 4.12. The highest BCUT2D eigenvalue weighted by Crippen LogP contribution is 2.23. The zero-order valence-corrected chi connectivity index (χ0v) is 9.08. The molecule has 0 saturated heterocycles. The quantitative estimate of drug-likeness (QED) is 0.816. The van der Waals surface area contributed by atoms with Gasteiger partial charge in [0, 0.05) is 18.3 Å². The van der Waals surface area contributed by atoms with Gasteiger partial charge in [0.15, 0.2) is 0 Å². The summed E-state index contributed by atoms with van der Waals surface area (Å²) in [6.07, 6.45) is 1.84. The largest absolute Gasteiger partial charge is 0.320 e. The minimum atomic E-state index is -0.0463. The molecule has 0 fully saturated rings. The molecule has 1 unspecified atom stereocenters. The molecular formula is C10H13N3S. The van der Waals surface area contributed by atoms with Crippen molar-refractivity contribution in [3.05, 3.63) is 39.8 Å². The average molecular weight is 207 g/mol. The van der Waals surface area contributed by atoms with Gasteiger partial charge in [0.05, 0.1) is 12.2 Å². The molecule has 0 spiro atoms. The molecule has 2 N–H and O–H groups in total. The van der Waals surface area contributed by atoms with E-state index in [4.69, 9.17) is 5.73 Å². The van der Waals surface area contributed by atoms with Gasteiger partial charge in [-0.1, -0.05) is 0 Å². The van der Waals surface area contributed by atoms with Crippen LogP contribution in [-0.4, -0.2) is 9.78 Å². The van der Waals surface area contributed by atoms with E-state index >= 15 is 0 Å². The van der Waals surface area contributed by atoms with E-state index in [1.165, 1.54) is 0 Å². The van der Waals surface area contributed by atoms with E-state index < -0.39 is 0 Å². The Morgan fingerprint density at radius 1 is 1.57 bits per heavy atom. The van der Waals surface area contributed by atoms with Crippen LogP contribution in [-0.2, 0) is 7.05 Å². The van der Waals surface area contributed by atoms with Crippen LogP contribution in [0.25, 0.3) is 0 Å². The third kappa shape index (κ3) is 1.47. The van der Waals surface area contributed by atoms with Crippen LogP contribution in [0, 0.1) is 6.92 Å². The smallest absolute Gasteiger partial charge is 0.0593 e. The zero-order valence-electron chi connectivity index (χ0n) is 8.27. The number of hydrogen-bond donors (Lipinski definition) is 1. The maximum atomic E-state index is 6.13. The van der Waals surface area contributed by atoms with Gasteiger partial charge in [-0.05, 0) is 29.3 Å². The predicted molar refractivity (Wildman–Crippen MR) is 58.3 cm³/mol. The highest BCUT2D eigenvalue weighted by molar-refractivity contribution is 7.08. The van der Waals surface area contributed by atoms with Crippen LogP contribution in [0.4, 0.5) is 0 Å². The summed E-state index contributed by atoms with van der Waals surface area (Å²) in [6, 6.07) is 2.01. The Morgan fingerprint density at radius 3 is 2.86 bits per heavy atom. The van der Waals surface area contributed by atoms with Gasteiger partial charge in [0.1, 0.15) is 0 Å². The van der Waals surface area contributed by atoms with Crippen molar-refractivity contribution in [2.45, 2.75) is 13.0 Å². The van der Waals surface area contributed by atoms with Gasteiger partial charge in [0.2, 0.25) is 0 Å². The highest BCUT2D eigenvalue weighted by atomic mass is 32.1. The lowest BCUT2D eigenvalue weighted by molar-refractivity contribution is 0.734. The summed E-state index contributed by atoms with van der Waals surface area (Å²) >= 11 is 1.67. The van der Waals surface area contributed by atoms with Crippen LogP contribution in [0.15, 0.2) is 23.0 Å². The fraction of sp³-hybridized carbons (Fsp3) is 0.300. The van der Waals surface area contributed by atoms with Crippen molar-refractivity contribution in [3.63, 3.8) is 0 Å². The molecule has 2 aromatic heterocycles. The molecule has 0 saturated carbocycles. The van der Waals surface area contributed by atoms with E-state index in [9.17, 15) is 0 Å². The van der Waals surface area contributed by atoms with E-state index in [-0.39, 0.29) is 6.04 Å². The Kier molecular flexibility index (Phi) is 2.39. The van der Waals surface area contributed by atoms with E-state index in [2.05, 4.69) is 16.5 Å². The molecule has 0 amide bonds. The maximum absolute atomic E-state index is 6.13. The van der Waals surface area contributed by atoms with Crippen molar-refractivity contribution < 1.29 is 0 Å². The molecule has 2 rings (SSSR count). The first-order valence-corrected chi connectivity index (χ1v) is 5.40. The molecule has 74 valence electrons. The Balaban J connectivity index is 2.36. The first-order chi connectivity index (χ1) is 6.70. The highest BCUT2D eigenvalue weighted by Gasteiger charge is 2.14. The Hall–Kier alpha value is -1.13. The van der Waals surface area contributed by atoms with Gasteiger partial charge < -0.3 is 5.73 Å². The van der Waals surface area contributed by atoms with Gasteiger partial charge >= 0.3 is 0 Å².